The smallest absolute Gasteiger partial charge is 0.318 e. The zero-order chi connectivity index (χ0) is 7.28. The van der Waals surface area contributed by atoms with Gasteiger partial charge in [0.05, 0.1) is 0 Å². The van der Waals surface area contributed by atoms with Gasteiger partial charge in [-0.1, -0.05) is 0 Å². The van der Waals surface area contributed by atoms with E-state index in [0.717, 1.165) is 0 Å². The average Bonchev–Trinajstić information content (AvgIpc) is 1.63. The minimum Gasteiger partial charge on any atom is -0.326 e. The molecule has 0 aromatic rings. The molecule has 2 atom stereocenters. The monoisotopic (exact) mass is 345 g/mol. The molecule has 0 saturated carbocycles. The Morgan fingerprint density at radius 2 is 1.40 bits per heavy atom. The van der Waals surface area contributed by atoms with E-state index in [4.69, 9.17) is 9.79 Å². The van der Waals surface area contributed by atoms with Gasteiger partial charge in [-0.3, -0.25) is 18.2 Å². The van der Waals surface area contributed by atoms with Crippen molar-refractivity contribution in [2.45, 2.75) is 0 Å². The third-order valence-electron chi connectivity index (χ3n) is 0.365. The van der Waals surface area contributed by atoms with Crippen LogP contribution in [0.25, 0.3) is 0 Å². The van der Waals surface area contributed by atoms with Gasteiger partial charge in [0, 0.05) is 36.9 Å². The summed E-state index contributed by atoms with van der Waals surface area (Å²) in [5, 5.41) is 0. The molecular weight excluding hydrogens is 339 g/mol. The van der Waals surface area contributed by atoms with Gasteiger partial charge in [0.2, 0.25) is 0 Å². The van der Waals surface area contributed by atoms with Crippen molar-refractivity contribution >= 4 is 16.5 Å². The van der Waals surface area contributed by atoms with Gasteiger partial charge in [-0.25, -0.2) is 0 Å². The van der Waals surface area contributed by atoms with Crippen molar-refractivity contribution < 1.29 is 64.8 Å². The van der Waals surface area contributed by atoms with Crippen molar-refractivity contribution in [1.29, 1.82) is 0 Å². The Morgan fingerprint density at radius 1 is 1.10 bits per heavy atom. The first-order valence-corrected chi connectivity index (χ1v) is 4.37. The van der Waals surface area contributed by atoms with Crippen LogP contribution >= 0.6 is 16.5 Å². The summed E-state index contributed by atoms with van der Waals surface area (Å²) in [7, 11) is -6.08. The Morgan fingerprint density at radius 3 is 1.60 bits per heavy atom. The topological polar surface area (TPSA) is 93.1 Å². The summed E-state index contributed by atoms with van der Waals surface area (Å²) >= 11 is 0. The van der Waals surface area contributed by atoms with E-state index in [2.05, 4.69) is 9.05 Å². The normalized spacial score (nSPS) is 15.4. The Labute approximate surface area is 87.6 Å². The van der Waals surface area contributed by atoms with Crippen LogP contribution < -0.4 is 0 Å². The summed E-state index contributed by atoms with van der Waals surface area (Å²) in [5.41, 5.74) is 0. The quantitative estimate of drug-likeness (QED) is 0.539. The van der Waals surface area contributed by atoms with Crippen LogP contribution in [0.5, 0.6) is 0 Å². The Hall–Kier alpha value is 1.53. The van der Waals surface area contributed by atoms with Gasteiger partial charge in [-0.2, -0.15) is 0 Å². The van der Waals surface area contributed by atoms with Crippen molar-refractivity contribution in [1.82, 2.24) is 0 Å². The molecule has 0 saturated heterocycles. The maximum atomic E-state index is 9.69. The molecule has 0 rings (SSSR count). The molecule has 0 amide bonds. The molecule has 0 spiro atoms. The van der Waals surface area contributed by atoms with Gasteiger partial charge in [0.15, 0.2) is 6.79 Å². The molecule has 2 unspecified atom stereocenters. The minimum atomic E-state index is -3.04. The molecule has 9 heteroatoms. The molecule has 69 valence electrons. The molecule has 6 nitrogen and oxygen atoms in total. The van der Waals surface area contributed by atoms with E-state index in [1.165, 1.54) is 0 Å². The first kappa shape index (κ1) is 14.1. The summed E-state index contributed by atoms with van der Waals surface area (Å²) in [6.45, 7) is -0.622. The zero-order valence-electron chi connectivity index (χ0n) is 4.51. The molecule has 0 aromatic carbocycles. The average molecular weight is 345 g/mol. The van der Waals surface area contributed by atoms with E-state index < -0.39 is 23.3 Å². The van der Waals surface area contributed by atoms with Crippen molar-refractivity contribution in [3.05, 3.63) is 0 Å². The van der Waals surface area contributed by atoms with Gasteiger partial charge >= 0.3 is 16.5 Å². The van der Waals surface area contributed by atoms with Crippen LogP contribution in [0.3, 0.4) is 0 Å². The fourth-order valence-corrected chi connectivity index (χ4v) is 0.568. The van der Waals surface area contributed by atoms with Crippen LogP contribution in [0.2, 0.25) is 0 Å². The second kappa shape index (κ2) is 8.63. The van der Waals surface area contributed by atoms with Crippen molar-refractivity contribution in [3.8, 4) is 0 Å². The Bertz CT molecular complexity index is 111. The standard InChI is InChI=1S/CH6O6P2.Tm/c2-8(3)6-1-7-9(4)5;/h8-9H,1H2,(H,2,3)(H,4,5);. The predicted octanol–water partition coefficient (Wildman–Crippen LogP) is -0.259. The van der Waals surface area contributed by atoms with Crippen LogP contribution in [-0.4, -0.2) is 16.6 Å². The minimum absolute atomic E-state index is 0. The maximum absolute atomic E-state index is 9.69. The third kappa shape index (κ3) is 12.2. The van der Waals surface area contributed by atoms with Crippen molar-refractivity contribution in [2.75, 3.05) is 6.79 Å². The predicted molar refractivity (Wildman–Crippen MR) is 29.5 cm³/mol. The molecule has 0 fully saturated rings. The summed E-state index contributed by atoms with van der Waals surface area (Å²) in [4.78, 5) is 15.9. The number of hydrogen-bond donors (Lipinski definition) is 2. The Kier molecular flexibility index (Phi) is 12.1. The first-order chi connectivity index (χ1) is 4.13. The summed E-state index contributed by atoms with van der Waals surface area (Å²) in [6.07, 6.45) is 0. The van der Waals surface area contributed by atoms with E-state index in [9.17, 15) is 9.13 Å². The number of rotatable bonds is 4. The van der Waals surface area contributed by atoms with Gasteiger partial charge in [-0.05, 0) is 0 Å². The summed E-state index contributed by atoms with van der Waals surface area (Å²) < 4.78 is 27.2. The molecule has 0 aromatic heterocycles. The van der Waals surface area contributed by atoms with Gasteiger partial charge in [0.1, 0.15) is 0 Å². The van der Waals surface area contributed by atoms with Gasteiger partial charge in [-0.15, -0.1) is 0 Å². The van der Waals surface area contributed by atoms with Crippen LogP contribution in [-0.2, 0) is 18.2 Å². The summed E-state index contributed by atoms with van der Waals surface area (Å²) in [6, 6.07) is 0. The van der Waals surface area contributed by atoms with E-state index in [1.807, 2.05) is 0 Å². The van der Waals surface area contributed by atoms with E-state index in [0.29, 0.717) is 0 Å². The second-order valence-electron chi connectivity index (χ2n) is 0.938. The van der Waals surface area contributed by atoms with E-state index >= 15 is 0 Å². The molecule has 0 heterocycles. The van der Waals surface area contributed by atoms with Gasteiger partial charge < -0.3 is 9.79 Å². The van der Waals surface area contributed by atoms with Crippen LogP contribution in [0.1, 0.15) is 0 Å². The van der Waals surface area contributed by atoms with Crippen molar-refractivity contribution in [3.63, 3.8) is 0 Å². The van der Waals surface area contributed by atoms with Gasteiger partial charge in [0.25, 0.3) is 0 Å². The van der Waals surface area contributed by atoms with Crippen molar-refractivity contribution in [2.24, 2.45) is 0 Å². The molecular formula is CH6O6P2Tm. The molecule has 0 aliphatic heterocycles. The molecule has 0 aliphatic rings. The zero-order valence-corrected chi connectivity index (χ0v) is 8.29. The second-order valence-corrected chi connectivity index (χ2v) is 2.58. The Balaban J connectivity index is 0. The van der Waals surface area contributed by atoms with Crippen LogP contribution in [0, 0.1) is 36.9 Å². The number of hydrogen-bond acceptors (Lipinski definition) is 4. The van der Waals surface area contributed by atoms with Crippen LogP contribution in [0.15, 0.2) is 0 Å². The first-order valence-electron chi connectivity index (χ1n) is 1.84. The molecule has 0 bridgehead atoms. The van der Waals surface area contributed by atoms with E-state index in [-0.39, 0.29) is 36.9 Å². The SMILES string of the molecule is O=[PH](O)OCO[PH](=O)O.[Tm]. The molecule has 2 N–H and O–H groups in total. The fourth-order valence-electron chi connectivity index (χ4n) is 0.130. The van der Waals surface area contributed by atoms with Crippen LogP contribution in [0.4, 0.5) is 0 Å². The molecule has 1 radical (unpaired) electrons. The fraction of sp³-hybridized carbons (Fsp3) is 1.00. The summed E-state index contributed by atoms with van der Waals surface area (Å²) in [5.74, 6) is 0. The largest absolute Gasteiger partial charge is 0.326 e. The maximum Gasteiger partial charge on any atom is 0.318 e. The third-order valence-corrected chi connectivity index (χ3v) is 1.09. The molecule has 10 heavy (non-hydrogen) atoms. The molecule has 0 aliphatic carbocycles. The van der Waals surface area contributed by atoms with E-state index in [1.54, 1.807) is 0 Å².